The van der Waals surface area contributed by atoms with Crippen molar-refractivity contribution in [3.05, 3.63) is 36.1 Å². The summed E-state index contributed by atoms with van der Waals surface area (Å²) >= 11 is 6.28. The fraction of sp³-hybridized carbons (Fsp3) is 0.438. The van der Waals surface area contributed by atoms with Crippen molar-refractivity contribution in [3.8, 4) is 0 Å². The van der Waals surface area contributed by atoms with Gasteiger partial charge in [-0.3, -0.25) is 4.79 Å². The van der Waals surface area contributed by atoms with E-state index in [4.69, 9.17) is 16.0 Å². The topological polar surface area (TPSA) is 33.5 Å². The van der Waals surface area contributed by atoms with Gasteiger partial charge in [-0.05, 0) is 31.7 Å². The number of fused-ring (bicyclic) bond motifs is 3. The Morgan fingerprint density at radius 2 is 1.90 bits per heavy atom. The van der Waals surface area contributed by atoms with Gasteiger partial charge in [0.1, 0.15) is 11.8 Å². The van der Waals surface area contributed by atoms with Crippen LogP contribution in [0.4, 0.5) is 0 Å². The molecule has 2 atom stereocenters. The summed E-state index contributed by atoms with van der Waals surface area (Å²) < 4.78 is 5.50. The van der Waals surface area contributed by atoms with E-state index in [-0.39, 0.29) is 11.3 Å². The summed E-state index contributed by atoms with van der Waals surface area (Å²) in [6.45, 7) is 0. The highest BCUT2D eigenvalue weighted by atomic mass is 35.5. The van der Waals surface area contributed by atoms with Crippen LogP contribution in [0.5, 0.6) is 0 Å². The second-order valence-electron chi connectivity index (χ2n) is 5.81. The minimum absolute atomic E-state index is 0.103. The molecule has 0 saturated carbocycles. The zero-order chi connectivity index (χ0) is 13.7. The van der Waals surface area contributed by atoms with E-state index in [9.17, 15) is 4.79 Å². The normalized spacial score (nSPS) is 29.1. The molecule has 3 heterocycles. The van der Waals surface area contributed by atoms with Crippen molar-refractivity contribution in [2.75, 3.05) is 0 Å². The molecule has 0 radical (unpaired) electrons. The number of piperidine rings is 1. The smallest absolute Gasteiger partial charge is 0.258 e. The highest BCUT2D eigenvalue weighted by Gasteiger charge is 2.43. The first-order valence-electron chi connectivity index (χ1n) is 7.17. The van der Waals surface area contributed by atoms with Crippen LogP contribution in [0.3, 0.4) is 0 Å². The number of benzene rings is 1. The molecule has 4 rings (SSSR count). The van der Waals surface area contributed by atoms with Gasteiger partial charge in [-0.15, -0.1) is 11.6 Å². The van der Waals surface area contributed by atoms with Crippen molar-refractivity contribution in [2.24, 2.45) is 0 Å². The SMILES string of the molecule is O=C(c1coc2ccccc12)N1C2CCC1CC(Cl)C2. The zero-order valence-electron chi connectivity index (χ0n) is 11.1. The van der Waals surface area contributed by atoms with Gasteiger partial charge >= 0.3 is 0 Å². The van der Waals surface area contributed by atoms with E-state index in [0.29, 0.717) is 17.6 Å². The van der Waals surface area contributed by atoms with Gasteiger partial charge in [0.05, 0.1) is 5.56 Å². The number of furan rings is 1. The van der Waals surface area contributed by atoms with Gasteiger partial charge in [0.25, 0.3) is 5.91 Å². The van der Waals surface area contributed by atoms with Crippen LogP contribution in [0.1, 0.15) is 36.0 Å². The number of alkyl halides is 1. The van der Waals surface area contributed by atoms with Crippen LogP contribution in [0, 0.1) is 0 Å². The number of hydrogen-bond acceptors (Lipinski definition) is 2. The van der Waals surface area contributed by atoms with Crippen LogP contribution >= 0.6 is 11.6 Å². The molecule has 1 amide bonds. The van der Waals surface area contributed by atoms with Crippen molar-refractivity contribution >= 4 is 28.5 Å². The van der Waals surface area contributed by atoms with Crippen LogP contribution in [0.2, 0.25) is 0 Å². The van der Waals surface area contributed by atoms with Gasteiger partial charge in [-0.1, -0.05) is 18.2 Å². The lowest BCUT2D eigenvalue weighted by Crippen LogP contribution is -2.46. The summed E-state index contributed by atoms with van der Waals surface area (Å²) in [5.41, 5.74) is 1.46. The molecule has 1 aromatic carbocycles. The predicted octanol–water partition coefficient (Wildman–Crippen LogP) is 3.81. The summed E-state index contributed by atoms with van der Waals surface area (Å²) in [6, 6.07) is 8.31. The van der Waals surface area contributed by atoms with E-state index in [0.717, 1.165) is 36.7 Å². The number of carbonyl (C=O) groups is 1. The third-order valence-electron chi connectivity index (χ3n) is 4.62. The molecule has 2 bridgehead atoms. The van der Waals surface area contributed by atoms with Crippen LogP contribution < -0.4 is 0 Å². The fourth-order valence-corrected chi connectivity index (χ4v) is 4.14. The number of nitrogens with zero attached hydrogens (tertiary/aromatic N) is 1. The molecule has 1 aromatic heterocycles. The molecule has 2 saturated heterocycles. The molecule has 0 N–H and O–H groups in total. The average molecular weight is 290 g/mol. The Morgan fingerprint density at radius 3 is 2.65 bits per heavy atom. The van der Waals surface area contributed by atoms with Crippen molar-refractivity contribution in [1.82, 2.24) is 4.90 Å². The number of halogens is 1. The monoisotopic (exact) mass is 289 g/mol. The molecule has 2 aliphatic heterocycles. The Morgan fingerprint density at radius 1 is 1.20 bits per heavy atom. The van der Waals surface area contributed by atoms with Crippen LogP contribution in [-0.2, 0) is 0 Å². The van der Waals surface area contributed by atoms with Gasteiger partial charge in [-0.2, -0.15) is 0 Å². The molecule has 20 heavy (non-hydrogen) atoms. The van der Waals surface area contributed by atoms with Crippen molar-refractivity contribution in [1.29, 1.82) is 0 Å². The molecule has 0 spiro atoms. The standard InChI is InChI=1S/C16H16ClNO2/c17-10-7-11-5-6-12(8-10)18(11)16(19)14-9-20-15-4-2-1-3-13(14)15/h1-4,9-12H,5-8H2. The van der Waals surface area contributed by atoms with E-state index in [1.807, 2.05) is 24.3 Å². The van der Waals surface area contributed by atoms with Gasteiger partial charge in [-0.25, -0.2) is 0 Å². The first kappa shape index (κ1) is 12.3. The molecule has 2 unspecified atom stereocenters. The maximum Gasteiger partial charge on any atom is 0.258 e. The molecule has 104 valence electrons. The molecule has 2 aromatic rings. The highest BCUT2D eigenvalue weighted by molar-refractivity contribution is 6.20. The molecule has 2 fully saturated rings. The number of hydrogen-bond donors (Lipinski definition) is 0. The molecule has 2 aliphatic rings. The first-order chi connectivity index (χ1) is 9.74. The van der Waals surface area contributed by atoms with Crippen molar-refractivity contribution in [2.45, 2.75) is 43.1 Å². The lowest BCUT2D eigenvalue weighted by atomic mass is 10.0. The Labute approximate surface area is 122 Å². The molecule has 4 heteroatoms. The van der Waals surface area contributed by atoms with Crippen LogP contribution in [0.25, 0.3) is 11.0 Å². The minimum Gasteiger partial charge on any atom is -0.463 e. The van der Waals surface area contributed by atoms with E-state index in [1.54, 1.807) is 6.26 Å². The third kappa shape index (κ3) is 1.76. The summed E-state index contributed by atoms with van der Waals surface area (Å²) in [7, 11) is 0. The van der Waals surface area contributed by atoms with Gasteiger partial charge in [0, 0.05) is 22.8 Å². The number of para-hydroxylation sites is 1. The summed E-state index contributed by atoms with van der Waals surface area (Å²) in [4.78, 5) is 14.9. The lowest BCUT2D eigenvalue weighted by Gasteiger charge is -2.36. The Balaban J connectivity index is 1.71. The summed E-state index contributed by atoms with van der Waals surface area (Å²) in [5, 5.41) is 1.13. The molecule has 3 nitrogen and oxygen atoms in total. The number of rotatable bonds is 1. The predicted molar refractivity (Wildman–Crippen MR) is 78.1 cm³/mol. The molecule has 0 aliphatic carbocycles. The van der Waals surface area contributed by atoms with E-state index in [1.165, 1.54) is 0 Å². The van der Waals surface area contributed by atoms with Crippen molar-refractivity contribution in [3.63, 3.8) is 0 Å². The van der Waals surface area contributed by atoms with Gasteiger partial charge in [0.2, 0.25) is 0 Å². The average Bonchev–Trinajstić information content (AvgIpc) is 2.98. The van der Waals surface area contributed by atoms with Crippen molar-refractivity contribution < 1.29 is 9.21 Å². The van der Waals surface area contributed by atoms with Crippen LogP contribution in [0.15, 0.2) is 34.9 Å². The second kappa shape index (κ2) is 4.52. The van der Waals surface area contributed by atoms with E-state index >= 15 is 0 Å². The Hall–Kier alpha value is -1.48. The Kier molecular flexibility index (Phi) is 2.77. The maximum atomic E-state index is 12.9. The van der Waals surface area contributed by atoms with E-state index < -0.39 is 0 Å². The lowest BCUT2D eigenvalue weighted by molar-refractivity contribution is 0.0600. The fourth-order valence-electron chi connectivity index (χ4n) is 3.72. The summed E-state index contributed by atoms with van der Waals surface area (Å²) in [5.74, 6) is 0.103. The minimum atomic E-state index is 0.103. The van der Waals surface area contributed by atoms with E-state index in [2.05, 4.69) is 4.90 Å². The number of amides is 1. The largest absolute Gasteiger partial charge is 0.463 e. The summed E-state index contributed by atoms with van der Waals surface area (Å²) in [6.07, 6.45) is 5.59. The zero-order valence-corrected chi connectivity index (χ0v) is 11.8. The second-order valence-corrected chi connectivity index (χ2v) is 6.43. The maximum absolute atomic E-state index is 12.9. The highest BCUT2D eigenvalue weighted by Crippen LogP contribution is 2.39. The Bertz CT molecular complexity index is 651. The number of carbonyl (C=O) groups excluding carboxylic acids is 1. The first-order valence-corrected chi connectivity index (χ1v) is 7.60. The quantitative estimate of drug-likeness (QED) is 0.748. The molecular formula is C16H16ClNO2. The third-order valence-corrected chi connectivity index (χ3v) is 4.98. The molecular weight excluding hydrogens is 274 g/mol. The van der Waals surface area contributed by atoms with Gasteiger partial charge < -0.3 is 9.32 Å². The van der Waals surface area contributed by atoms with Gasteiger partial charge in [0.15, 0.2) is 0 Å². The van der Waals surface area contributed by atoms with Crippen LogP contribution in [-0.4, -0.2) is 28.3 Å².